The highest BCUT2D eigenvalue weighted by Gasteiger charge is 2.13. The Morgan fingerprint density at radius 3 is 2.46 bits per heavy atom. The highest BCUT2D eigenvalue weighted by Crippen LogP contribution is 2.29. The Morgan fingerprint density at radius 1 is 1.15 bits per heavy atom. The van der Waals surface area contributed by atoms with Gasteiger partial charge in [0.2, 0.25) is 0 Å². The molecule has 0 atom stereocenters. The second kappa shape index (κ2) is 8.61. The number of rotatable bonds is 8. The van der Waals surface area contributed by atoms with E-state index in [1.165, 1.54) is 36.5 Å². The summed E-state index contributed by atoms with van der Waals surface area (Å²) in [6.07, 6.45) is 1.24. The molecule has 0 aliphatic carbocycles. The van der Waals surface area contributed by atoms with Gasteiger partial charge in [-0.2, -0.15) is 22.3 Å². The Balaban J connectivity index is 2.14. The smallest absolute Gasteiger partial charge is 0.387 e. The number of ether oxygens (including phenoxy) is 2. The van der Waals surface area contributed by atoms with E-state index in [1.54, 1.807) is 19.1 Å². The van der Waals surface area contributed by atoms with Crippen molar-refractivity contribution in [2.24, 2.45) is 5.10 Å². The van der Waals surface area contributed by atoms with Crippen LogP contribution in [0.25, 0.3) is 0 Å². The average molecular weight is 384 g/mol. The maximum atomic E-state index is 12.4. The van der Waals surface area contributed by atoms with Crippen LogP contribution in [0.5, 0.6) is 11.5 Å². The Bertz CT molecular complexity index is 869. The molecular weight excluding hydrogens is 366 g/mol. The van der Waals surface area contributed by atoms with E-state index < -0.39 is 16.6 Å². The molecule has 0 bridgehead atoms. The summed E-state index contributed by atoms with van der Waals surface area (Å²) >= 11 is 0. The van der Waals surface area contributed by atoms with E-state index in [9.17, 15) is 17.2 Å². The SMILES string of the molecule is CCOc1cc(/C=N\NS(=O)(=O)c2ccc(C)cc2)ccc1OC(F)F. The number of alkyl halides is 2. The standard InChI is InChI=1S/C17H18F2N2O4S/c1-3-24-16-10-13(6-9-15(16)25-17(18)19)11-20-21-26(22,23)14-7-4-12(2)5-8-14/h4-11,17,21H,3H2,1-2H3/b20-11-. The summed E-state index contributed by atoms with van der Waals surface area (Å²) < 4.78 is 58.6. The van der Waals surface area contributed by atoms with Crippen LogP contribution in [0.15, 0.2) is 52.5 Å². The van der Waals surface area contributed by atoms with Crippen LogP contribution in [-0.2, 0) is 10.0 Å². The lowest BCUT2D eigenvalue weighted by atomic mass is 10.2. The van der Waals surface area contributed by atoms with Crippen LogP contribution in [-0.4, -0.2) is 27.9 Å². The molecular formula is C17H18F2N2O4S. The van der Waals surface area contributed by atoms with Gasteiger partial charge in [0.05, 0.1) is 17.7 Å². The predicted molar refractivity (Wildman–Crippen MR) is 93.3 cm³/mol. The molecule has 0 aliphatic heterocycles. The largest absolute Gasteiger partial charge is 0.490 e. The first-order valence-corrected chi connectivity index (χ1v) is 9.13. The molecule has 1 N–H and O–H groups in total. The highest BCUT2D eigenvalue weighted by atomic mass is 32.2. The van der Waals surface area contributed by atoms with E-state index in [0.29, 0.717) is 5.56 Å². The van der Waals surface area contributed by atoms with Crippen molar-refractivity contribution >= 4 is 16.2 Å². The van der Waals surface area contributed by atoms with E-state index in [4.69, 9.17) is 4.74 Å². The Hall–Kier alpha value is -2.68. The van der Waals surface area contributed by atoms with Crippen LogP contribution in [0, 0.1) is 6.92 Å². The van der Waals surface area contributed by atoms with Crippen LogP contribution >= 0.6 is 0 Å². The summed E-state index contributed by atoms with van der Waals surface area (Å²) in [7, 11) is -3.79. The Morgan fingerprint density at radius 2 is 1.85 bits per heavy atom. The van der Waals surface area contributed by atoms with Crippen molar-refractivity contribution in [1.29, 1.82) is 0 Å². The molecule has 9 heteroatoms. The molecule has 0 saturated heterocycles. The summed E-state index contributed by atoms with van der Waals surface area (Å²) in [4.78, 5) is 2.17. The van der Waals surface area contributed by atoms with Crippen LogP contribution in [0.3, 0.4) is 0 Å². The van der Waals surface area contributed by atoms with Gasteiger partial charge in [-0.1, -0.05) is 17.7 Å². The summed E-state index contributed by atoms with van der Waals surface area (Å²) in [6.45, 7) is 0.817. The van der Waals surface area contributed by atoms with Crippen molar-refractivity contribution in [2.45, 2.75) is 25.4 Å². The van der Waals surface area contributed by atoms with E-state index in [-0.39, 0.29) is 23.0 Å². The maximum absolute atomic E-state index is 12.4. The fraction of sp³-hybridized carbons (Fsp3) is 0.235. The average Bonchev–Trinajstić information content (AvgIpc) is 2.57. The van der Waals surface area contributed by atoms with E-state index in [2.05, 4.69) is 14.7 Å². The summed E-state index contributed by atoms with van der Waals surface area (Å²) in [5.41, 5.74) is 1.38. The number of hydrogen-bond acceptors (Lipinski definition) is 5. The van der Waals surface area contributed by atoms with E-state index in [0.717, 1.165) is 5.56 Å². The second-order valence-corrected chi connectivity index (χ2v) is 6.84. The fourth-order valence-corrected chi connectivity index (χ4v) is 2.80. The molecule has 0 saturated carbocycles. The first-order chi connectivity index (χ1) is 12.3. The quantitative estimate of drug-likeness (QED) is 0.560. The number of hydrazone groups is 1. The molecule has 140 valence electrons. The molecule has 6 nitrogen and oxygen atoms in total. The number of aryl methyl sites for hydroxylation is 1. The van der Waals surface area contributed by atoms with Crippen molar-refractivity contribution in [1.82, 2.24) is 4.83 Å². The van der Waals surface area contributed by atoms with Gasteiger partial charge in [0, 0.05) is 0 Å². The zero-order chi connectivity index (χ0) is 19.2. The lowest BCUT2D eigenvalue weighted by Crippen LogP contribution is -2.18. The first-order valence-electron chi connectivity index (χ1n) is 7.65. The molecule has 0 aromatic heterocycles. The van der Waals surface area contributed by atoms with Crippen LogP contribution in [0.2, 0.25) is 0 Å². The monoisotopic (exact) mass is 384 g/mol. The lowest BCUT2D eigenvalue weighted by Gasteiger charge is -2.11. The number of nitrogens with zero attached hydrogens (tertiary/aromatic N) is 1. The van der Waals surface area contributed by atoms with Gasteiger partial charge in [-0.25, -0.2) is 4.83 Å². The maximum Gasteiger partial charge on any atom is 0.387 e. The van der Waals surface area contributed by atoms with Crippen molar-refractivity contribution in [3.8, 4) is 11.5 Å². The summed E-state index contributed by atoms with van der Waals surface area (Å²) in [5.74, 6) is -0.00243. The van der Waals surface area contributed by atoms with Gasteiger partial charge in [-0.05, 0) is 49.7 Å². The molecule has 0 unspecified atom stereocenters. The van der Waals surface area contributed by atoms with Gasteiger partial charge in [-0.3, -0.25) is 0 Å². The predicted octanol–water partition coefficient (Wildman–Crippen LogP) is 3.31. The molecule has 0 aliphatic rings. The second-order valence-electron chi connectivity index (χ2n) is 5.18. The van der Waals surface area contributed by atoms with Gasteiger partial charge >= 0.3 is 6.61 Å². The van der Waals surface area contributed by atoms with Crippen LogP contribution < -0.4 is 14.3 Å². The van der Waals surface area contributed by atoms with Gasteiger partial charge in [0.15, 0.2) is 11.5 Å². The fourth-order valence-electron chi connectivity index (χ4n) is 2.01. The Labute approximate surface area is 150 Å². The van der Waals surface area contributed by atoms with E-state index >= 15 is 0 Å². The summed E-state index contributed by atoms with van der Waals surface area (Å²) in [6, 6.07) is 10.5. The minimum absolute atomic E-state index is 0.0796. The first kappa shape index (κ1) is 19.6. The number of halogens is 2. The van der Waals surface area contributed by atoms with Crippen molar-refractivity contribution in [3.05, 3.63) is 53.6 Å². The molecule has 0 fully saturated rings. The lowest BCUT2D eigenvalue weighted by molar-refractivity contribution is -0.0514. The zero-order valence-corrected chi connectivity index (χ0v) is 15.0. The molecule has 0 heterocycles. The molecule has 0 amide bonds. The van der Waals surface area contributed by atoms with Crippen molar-refractivity contribution in [2.75, 3.05) is 6.61 Å². The van der Waals surface area contributed by atoms with Crippen LogP contribution in [0.4, 0.5) is 8.78 Å². The molecule has 0 radical (unpaired) electrons. The minimum atomic E-state index is -3.79. The van der Waals surface area contributed by atoms with Crippen molar-refractivity contribution in [3.63, 3.8) is 0 Å². The third kappa shape index (κ3) is 5.41. The number of nitrogens with one attached hydrogen (secondary N) is 1. The molecule has 2 aromatic carbocycles. The minimum Gasteiger partial charge on any atom is -0.490 e. The molecule has 2 aromatic rings. The molecule has 2 rings (SSSR count). The van der Waals surface area contributed by atoms with Gasteiger partial charge in [0.1, 0.15) is 0 Å². The highest BCUT2D eigenvalue weighted by molar-refractivity contribution is 7.89. The zero-order valence-electron chi connectivity index (χ0n) is 14.1. The van der Waals surface area contributed by atoms with Gasteiger partial charge in [0.25, 0.3) is 10.0 Å². The third-order valence-electron chi connectivity index (χ3n) is 3.20. The van der Waals surface area contributed by atoms with Gasteiger partial charge < -0.3 is 9.47 Å². The van der Waals surface area contributed by atoms with Gasteiger partial charge in [-0.15, -0.1) is 0 Å². The third-order valence-corrected chi connectivity index (χ3v) is 4.44. The number of benzene rings is 2. The summed E-state index contributed by atoms with van der Waals surface area (Å²) in [5, 5.41) is 3.70. The molecule has 0 spiro atoms. The normalized spacial score (nSPS) is 11.7. The molecule has 26 heavy (non-hydrogen) atoms. The van der Waals surface area contributed by atoms with Crippen molar-refractivity contribution < 1.29 is 26.7 Å². The van der Waals surface area contributed by atoms with Crippen LogP contribution in [0.1, 0.15) is 18.1 Å². The number of sulfonamides is 1. The topological polar surface area (TPSA) is 77.0 Å². The number of hydrogen-bond donors (Lipinski definition) is 1. The Kier molecular flexibility index (Phi) is 6.51. The van der Waals surface area contributed by atoms with E-state index in [1.807, 2.05) is 6.92 Å².